The van der Waals surface area contributed by atoms with Gasteiger partial charge < -0.3 is 34.6 Å². The van der Waals surface area contributed by atoms with Crippen molar-refractivity contribution in [2.24, 2.45) is 5.92 Å². The van der Waals surface area contributed by atoms with Gasteiger partial charge in [-0.25, -0.2) is 4.98 Å². The predicted molar refractivity (Wildman–Crippen MR) is 145 cm³/mol. The summed E-state index contributed by atoms with van der Waals surface area (Å²) in [6.07, 6.45) is 3.16. The first-order chi connectivity index (χ1) is 19.0. The first kappa shape index (κ1) is 28.1. The topological polar surface area (TPSA) is 86.2 Å². The summed E-state index contributed by atoms with van der Waals surface area (Å²) in [5, 5.41) is 13.3. The molecule has 1 saturated heterocycles. The molecule has 1 aromatic heterocycles. The van der Waals surface area contributed by atoms with Gasteiger partial charge in [-0.1, -0.05) is 29.8 Å². The van der Waals surface area contributed by atoms with Crippen LogP contribution in [0.5, 0.6) is 11.6 Å². The maximum Gasteiger partial charge on any atom is 0.417 e. The molecule has 9 nitrogen and oxygen atoms in total. The van der Waals surface area contributed by atoms with Gasteiger partial charge in [0.15, 0.2) is 6.23 Å². The maximum atomic E-state index is 13.5. The van der Waals surface area contributed by atoms with Crippen LogP contribution in [0.3, 0.4) is 0 Å². The highest BCUT2D eigenvalue weighted by Crippen LogP contribution is 2.42. The molecule has 3 aliphatic rings. The normalized spacial score (nSPS) is 22.0. The molecule has 13 heteroatoms. The Bertz CT molecular complexity index is 1340. The van der Waals surface area contributed by atoms with Crippen LogP contribution in [0.15, 0.2) is 60.2 Å². The Labute approximate surface area is 235 Å². The third-order valence-electron chi connectivity index (χ3n) is 7.23. The van der Waals surface area contributed by atoms with Crippen LogP contribution in [-0.4, -0.2) is 84.5 Å². The number of aliphatic hydroxyl groups excluding tert-OH is 1. The number of aromatic nitrogens is 2. The minimum atomic E-state index is -4.67. The molecule has 3 unspecified atom stereocenters. The van der Waals surface area contributed by atoms with E-state index in [-0.39, 0.29) is 23.4 Å². The molecule has 40 heavy (non-hydrogen) atoms. The average molecular weight is 579 g/mol. The number of halogens is 4. The van der Waals surface area contributed by atoms with E-state index in [1.807, 2.05) is 29.2 Å². The summed E-state index contributed by atoms with van der Waals surface area (Å²) < 4.78 is 51.8. The number of hydrogen-bond donors (Lipinski definition) is 2. The second-order valence-electron chi connectivity index (χ2n) is 9.84. The van der Waals surface area contributed by atoms with E-state index in [9.17, 15) is 18.3 Å². The molecule has 0 bridgehead atoms. The molecule has 2 aromatic rings. The van der Waals surface area contributed by atoms with E-state index in [1.165, 1.54) is 7.11 Å². The first-order valence-corrected chi connectivity index (χ1v) is 13.1. The fourth-order valence-corrected chi connectivity index (χ4v) is 5.33. The third kappa shape index (κ3) is 5.70. The number of aliphatic hydroxyl groups is 1. The zero-order valence-corrected chi connectivity index (χ0v) is 22.9. The van der Waals surface area contributed by atoms with Crippen molar-refractivity contribution in [2.75, 3.05) is 57.6 Å². The van der Waals surface area contributed by atoms with E-state index in [4.69, 9.17) is 21.1 Å². The van der Waals surface area contributed by atoms with Gasteiger partial charge in [-0.15, -0.1) is 0 Å². The van der Waals surface area contributed by atoms with E-state index in [1.54, 1.807) is 19.3 Å². The van der Waals surface area contributed by atoms with Crippen molar-refractivity contribution < 1.29 is 27.8 Å². The van der Waals surface area contributed by atoms with Gasteiger partial charge in [0, 0.05) is 57.5 Å². The van der Waals surface area contributed by atoms with Gasteiger partial charge in [0.1, 0.15) is 11.5 Å². The lowest BCUT2D eigenvalue weighted by Crippen LogP contribution is -2.45. The van der Waals surface area contributed by atoms with Crippen LogP contribution in [0.25, 0.3) is 0 Å². The largest absolute Gasteiger partial charge is 0.495 e. The second kappa shape index (κ2) is 11.2. The Morgan fingerprint density at radius 1 is 1.18 bits per heavy atom. The molecule has 0 amide bonds. The molecule has 5 rings (SSSR count). The summed E-state index contributed by atoms with van der Waals surface area (Å²) in [4.78, 5) is 15.2. The molecule has 1 fully saturated rings. The maximum absolute atomic E-state index is 13.5. The number of rotatable bonds is 7. The number of allylic oxidation sites excluding steroid dienone is 2. The molecule has 0 saturated carbocycles. The van der Waals surface area contributed by atoms with Gasteiger partial charge in [-0.2, -0.15) is 18.2 Å². The molecule has 1 aromatic carbocycles. The van der Waals surface area contributed by atoms with Crippen molar-refractivity contribution in [3.8, 4) is 11.6 Å². The van der Waals surface area contributed by atoms with Gasteiger partial charge in [-0.05, 0) is 19.2 Å². The highest BCUT2D eigenvalue weighted by atomic mass is 35.5. The van der Waals surface area contributed by atoms with Crippen LogP contribution in [0.2, 0.25) is 5.02 Å². The zero-order chi connectivity index (χ0) is 28.6. The molecule has 2 aliphatic heterocycles. The van der Waals surface area contributed by atoms with E-state index in [2.05, 4.69) is 32.1 Å². The fraction of sp³-hybridized carbons (Fsp3) is 0.407. The molecule has 0 spiro atoms. The molecule has 1 aliphatic carbocycles. The number of piperazine rings is 1. The SMILES string of the molecule is COc1cc(Cl)c(C(F)(F)F)cc1NC(O)C1=CC2C=CC=C(Oc3ccnc(N4CCN(C)CC4)n3)C2N1C. The van der Waals surface area contributed by atoms with Gasteiger partial charge in [0.05, 0.1) is 35.1 Å². The van der Waals surface area contributed by atoms with Crippen molar-refractivity contribution in [3.63, 3.8) is 0 Å². The van der Waals surface area contributed by atoms with E-state index >= 15 is 0 Å². The lowest BCUT2D eigenvalue weighted by molar-refractivity contribution is -0.137. The first-order valence-electron chi connectivity index (χ1n) is 12.7. The molecule has 2 N–H and O–H groups in total. The van der Waals surface area contributed by atoms with Crippen LogP contribution < -0.4 is 19.7 Å². The van der Waals surface area contributed by atoms with Crippen molar-refractivity contribution in [3.05, 3.63) is 70.7 Å². The third-order valence-corrected chi connectivity index (χ3v) is 7.54. The molecule has 214 valence electrons. The number of alkyl halides is 3. The standard InChI is InChI=1S/C27H30ClF3N6O3/c1-35-9-11-37(12-10-35)26-32-8-7-23(34-26)40-21-6-4-5-16-13-20(36(2)24(16)21)25(38)33-19-14-17(27(29,30)31)18(28)15-22(19)39-3/h4-8,13-16,24-25,33,38H,9-12H2,1-3H3. The predicted octanol–water partition coefficient (Wildman–Crippen LogP) is 3.99. The number of fused-ring (bicyclic) bond motifs is 1. The molecule has 3 heterocycles. The zero-order valence-electron chi connectivity index (χ0n) is 22.2. The monoisotopic (exact) mass is 578 g/mol. The minimum Gasteiger partial charge on any atom is -0.495 e. The lowest BCUT2D eigenvalue weighted by atomic mass is 9.95. The Morgan fingerprint density at radius 3 is 2.62 bits per heavy atom. The summed E-state index contributed by atoms with van der Waals surface area (Å²) in [5.41, 5.74) is -0.618. The van der Waals surface area contributed by atoms with Crippen LogP contribution in [0.1, 0.15) is 5.56 Å². The summed E-state index contributed by atoms with van der Waals surface area (Å²) in [7, 11) is 5.18. The summed E-state index contributed by atoms with van der Waals surface area (Å²) >= 11 is 5.83. The van der Waals surface area contributed by atoms with E-state index in [0.717, 1.165) is 38.3 Å². The number of ether oxygens (including phenoxy) is 2. The second-order valence-corrected chi connectivity index (χ2v) is 10.2. The highest BCUT2D eigenvalue weighted by Gasteiger charge is 2.39. The Morgan fingerprint density at radius 2 is 1.93 bits per heavy atom. The highest BCUT2D eigenvalue weighted by molar-refractivity contribution is 6.31. The van der Waals surface area contributed by atoms with Crippen molar-refractivity contribution >= 4 is 23.2 Å². The van der Waals surface area contributed by atoms with Crippen molar-refractivity contribution in [1.29, 1.82) is 0 Å². The quantitative estimate of drug-likeness (QED) is 0.474. The van der Waals surface area contributed by atoms with Crippen LogP contribution in [0, 0.1) is 5.92 Å². The average Bonchev–Trinajstić information content (AvgIpc) is 3.26. The van der Waals surface area contributed by atoms with Gasteiger partial charge in [0.2, 0.25) is 11.8 Å². The van der Waals surface area contributed by atoms with Crippen LogP contribution >= 0.6 is 11.6 Å². The summed E-state index contributed by atoms with van der Waals surface area (Å²) in [6.45, 7) is 3.48. The molecule has 0 radical (unpaired) electrons. The fourth-order valence-electron chi connectivity index (χ4n) is 5.07. The molecular formula is C27H30ClF3N6O3. The van der Waals surface area contributed by atoms with Gasteiger partial charge in [0.25, 0.3) is 0 Å². The Kier molecular flexibility index (Phi) is 7.85. The van der Waals surface area contributed by atoms with Gasteiger partial charge >= 0.3 is 6.18 Å². The number of methoxy groups -OCH3 is 1. The smallest absolute Gasteiger partial charge is 0.417 e. The van der Waals surface area contributed by atoms with Gasteiger partial charge in [-0.3, -0.25) is 0 Å². The Balaban J connectivity index is 1.32. The number of nitrogens with zero attached hydrogens (tertiary/aromatic N) is 5. The molecule has 3 atom stereocenters. The van der Waals surface area contributed by atoms with E-state index in [0.29, 0.717) is 23.3 Å². The number of benzene rings is 1. The minimum absolute atomic E-state index is 0.0455. The molecular weight excluding hydrogens is 549 g/mol. The number of anilines is 2. The summed E-state index contributed by atoms with van der Waals surface area (Å²) in [6, 6.07) is 3.30. The van der Waals surface area contributed by atoms with Crippen LogP contribution in [-0.2, 0) is 6.18 Å². The Hall–Kier alpha value is -3.48. The lowest BCUT2D eigenvalue weighted by Gasteiger charge is -2.33. The van der Waals surface area contributed by atoms with Crippen LogP contribution in [0.4, 0.5) is 24.8 Å². The number of nitrogens with one attached hydrogen (secondary N) is 1. The van der Waals surface area contributed by atoms with Crippen molar-refractivity contribution in [2.45, 2.75) is 18.4 Å². The summed E-state index contributed by atoms with van der Waals surface area (Å²) in [5.74, 6) is 1.53. The van der Waals surface area contributed by atoms with E-state index < -0.39 is 23.0 Å². The van der Waals surface area contributed by atoms with Crippen molar-refractivity contribution in [1.82, 2.24) is 19.8 Å². The number of likely N-dealkylation sites (N-methyl/N-ethyl adjacent to an activating group) is 2. The number of hydrogen-bond acceptors (Lipinski definition) is 9.